The number of anilines is 1. The van der Waals surface area contributed by atoms with Crippen molar-refractivity contribution in [3.8, 4) is 0 Å². The molecule has 0 bridgehead atoms. The Labute approximate surface area is 104 Å². The SMILES string of the molecule is COCCOC1=N[C@](O)(Cl)c2ccccc2N1. The number of fused-ring (bicyclic) bond motifs is 1. The highest BCUT2D eigenvalue weighted by atomic mass is 35.5. The predicted molar refractivity (Wildman–Crippen MR) is 65.1 cm³/mol. The maximum atomic E-state index is 9.98. The lowest BCUT2D eigenvalue weighted by Gasteiger charge is -2.26. The minimum absolute atomic E-state index is 0.179. The molecule has 0 aliphatic carbocycles. The number of nitrogens with one attached hydrogen (secondary N) is 1. The lowest BCUT2D eigenvalue weighted by molar-refractivity contribution is 0.120. The molecule has 0 amide bonds. The number of nitrogens with zero attached hydrogens (tertiary/aromatic N) is 1. The molecule has 6 heteroatoms. The van der Waals surface area contributed by atoms with Gasteiger partial charge < -0.3 is 19.9 Å². The van der Waals surface area contributed by atoms with E-state index >= 15 is 0 Å². The van der Waals surface area contributed by atoms with Gasteiger partial charge in [-0.3, -0.25) is 0 Å². The van der Waals surface area contributed by atoms with Gasteiger partial charge in [0.05, 0.1) is 12.3 Å². The van der Waals surface area contributed by atoms with Crippen molar-refractivity contribution in [3.63, 3.8) is 0 Å². The number of aliphatic imine (C=N–C) groups is 1. The van der Waals surface area contributed by atoms with E-state index in [9.17, 15) is 5.11 Å². The first-order valence-corrected chi connectivity index (χ1v) is 5.50. The molecule has 0 saturated heterocycles. The normalized spacial score (nSPS) is 22.4. The van der Waals surface area contributed by atoms with Crippen molar-refractivity contribution in [2.45, 2.75) is 5.18 Å². The molecule has 1 aliphatic heterocycles. The van der Waals surface area contributed by atoms with E-state index < -0.39 is 5.18 Å². The zero-order chi connectivity index (χ0) is 12.3. The second-order valence-corrected chi connectivity index (χ2v) is 4.04. The monoisotopic (exact) mass is 256 g/mol. The van der Waals surface area contributed by atoms with E-state index in [2.05, 4.69) is 10.3 Å². The highest BCUT2D eigenvalue weighted by Gasteiger charge is 2.33. The standard InChI is InChI=1S/C11H13ClN2O3/c1-16-6-7-17-10-13-9-5-3-2-4-8(9)11(12,15)14-10/h2-5,15H,6-7H2,1H3,(H,13,14)/t11-/m1/s1. The molecule has 0 spiro atoms. The highest BCUT2D eigenvalue weighted by Crippen LogP contribution is 2.36. The third-order valence-corrected chi connectivity index (χ3v) is 2.58. The molecule has 1 aliphatic rings. The van der Waals surface area contributed by atoms with Crippen LogP contribution in [0.3, 0.4) is 0 Å². The van der Waals surface area contributed by atoms with E-state index in [4.69, 9.17) is 21.1 Å². The summed E-state index contributed by atoms with van der Waals surface area (Å²) in [7, 11) is 1.58. The molecule has 0 saturated carbocycles. The zero-order valence-corrected chi connectivity index (χ0v) is 10.1. The van der Waals surface area contributed by atoms with Crippen molar-refractivity contribution < 1.29 is 14.6 Å². The first-order valence-electron chi connectivity index (χ1n) is 5.13. The van der Waals surface area contributed by atoms with Gasteiger partial charge in [0, 0.05) is 12.7 Å². The Balaban J connectivity index is 2.16. The minimum Gasteiger partial charge on any atom is -0.463 e. The van der Waals surface area contributed by atoms with Crippen LogP contribution in [0.4, 0.5) is 5.69 Å². The van der Waals surface area contributed by atoms with Crippen molar-refractivity contribution >= 4 is 23.3 Å². The Morgan fingerprint density at radius 3 is 2.94 bits per heavy atom. The Morgan fingerprint density at radius 1 is 1.41 bits per heavy atom. The van der Waals surface area contributed by atoms with Gasteiger partial charge in [0.15, 0.2) is 0 Å². The number of ether oxygens (including phenoxy) is 2. The zero-order valence-electron chi connectivity index (χ0n) is 9.31. The van der Waals surface area contributed by atoms with E-state index in [-0.39, 0.29) is 6.02 Å². The Morgan fingerprint density at radius 2 is 2.18 bits per heavy atom. The molecule has 92 valence electrons. The van der Waals surface area contributed by atoms with Gasteiger partial charge in [-0.05, 0) is 6.07 Å². The van der Waals surface area contributed by atoms with Crippen LogP contribution >= 0.6 is 11.6 Å². The molecule has 1 aromatic carbocycles. The Hall–Kier alpha value is -1.30. The topological polar surface area (TPSA) is 63.1 Å². The lowest BCUT2D eigenvalue weighted by Crippen LogP contribution is -2.31. The smallest absolute Gasteiger partial charge is 0.293 e. The number of hydrogen-bond donors (Lipinski definition) is 2. The van der Waals surface area contributed by atoms with E-state index in [0.29, 0.717) is 24.5 Å². The summed E-state index contributed by atoms with van der Waals surface area (Å²) in [5.41, 5.74) is 1.17. The second-order valence-electron chi connectivity index (χ2n) is 3.52. The van der Waals surface area contributed by atoms with Crippen molar-refractivity contribution in [1.82, 2.24) is 0 Å². The molecule has 2 rings (SSSR count). The van der Waals surface area contributed by atoms with Crippen LogP contribution in [-0.4, -0.2) is 31.5 Å². The van der Waals surface area contributed by atoms with Gasteiger partial charge in [0.25, 0.3) is 11.2 Å². The molecular formula is C11H13ClN2O3. The third kappa shape index (κ3) is 2.69. The van der Waals surface area contributed by atoms with Gasteiger partial charge in [0.2, 0.25) is 0 Å². The van der Waals surface area contributed by atoms with Crippen LogP contribution in [0.5, 0.6) is 0 Å². The van der Waals surface area contributed by atoms with E-state index in [1.54, 1.807) is 25.3 Å². The van der Waals surface area contributed by atoms with Gasteiger partial charge in [-0.2, -0.15) is 4.99 Å². The molecule has 2 N–H and O–H groups in total. The number of aliphatic hydroxyl groups is 1. The van der Waals surface area contributed by atoms with E-state index in [0.717, 1.165) is 0 Å². The van der Waals surface area contributed by atoms with Gasteiger partial charge in [-0.15, -0.1) is 0 Å². The van der Waals surface area contributed by atoms with Crippen molar-refractivity contribution in [2.75, 3.05) is 25.6 Å². The quantitative estimate of drug-likeness (QED) is 0.488. The maximum Gasteiger partial charge on any atom is 0.293 e. The predicted octanol–water partition coefficient (Wildman–Crippen LogP) is 1.47. The van der Waals surface area contributed by atoms with Gasteiger partial charge in [-0.25, -0.2) is 0 Å². The van der Waals surface area contributed by atoms with Crippen LogP contribution in [0.25, 0.3) is 0 Å². The number of hydrogen-bond acceptors (Lipinski definition) is 5. The molecule has 1 atom stereocenters. The lowest BCUT2D eigenvalue weighted by atomic mass is 10.1. The Kier molecular flexibility index (Phi) is 3.51. The molecule has 1 aromatic rings. The largest absolute Gasteiger partial charge is 0.463 e. The molecule has 0 fully saturated rings. The molecule has 0 aromatic heterocycles. The van der Waals surface area contributed by atoms with Crippen LogP contribution < -0.4 is 5.32 Å². The fourth-order valence-electron chi connectivity index (χ4n) is 1.50. The van der Waals surface area contributed by atoms with Crippen LogP contribution in [0.2, 0.25) is 0 Å². The first kappa shape index (κ1) is 12.2. The maximum absolute atomic E-state index is 9.98. The number of methoxy groups -OCH3 is 1. The van der Waals surface area contributed by atoms with Crippen molar-refractivity contribution in [1.29, 1.82) is 0 Å². The first-order chi connectivity index (χ1) is 8.13. The fourth-order valence-corrected chi connectivity index (χ4v) is 1.74. The van der Waals surface area contributed by atoms with Crippen LogP contribution in [0, 0.1) is 0 Å². The molecule has 0 unspecified atom stereocenters. The summed E-state index contributed by atoms with van der Waals surface area (Å²) in [5, 5.41) is 11.1. The number of amidine groups is 1. The summed E-state index contributed by atoms with van der Waals surface area (Å²) >= 11 is 5.93. The van der Waals surface area contributed by atoms with Crippen LogP contribution in [0.1, 0.15) is 5.56 Å². The average Bonchev–Trinajstić information content (AvgIpc) is 2.29. The summed E-state index contributed by atoms with van der Waals surface area (Å²) < 4.78 is 10.1. The fraction of sp³-hybridized carbons (Fsp3) is 0.364. The Bertz CT molecular complexity index is 434. The van der Waals surface area contributed by atoms with E-state index in [1.165, 1.54) is 0 Å². The molecule has 5 nitrogen and oxygen atoms in total. The number of rotatable bonds is 3. The number of para-hydroxylation sites is 1. The van der Waals surface area contributed by atoms with Crippen molar-refractivity contribution in [3.05, 3.63) is 29.8 Å². The summed E-state index contributed by atoms with van der Waals surface area (Å²) in [5.74, 6) is 0. The van der Waals surface area contributed by atoms with Gasteiger partial charge >= 0.3 is 0 Å². The number of alkyl halides is 1. The third-order valence-electron chi connectivity index (χ3n) is 2.29. The summed E-state index contributed by atoms with van der Waals surface area (Å²) in [6.45, 7) is 0.764. The molecule has 17 heavy (non-hydrogen) atoms. The summed E-state index contributed by atoms with van der Waals surface area (Å²) in [4.78, 5) is 3.88. The van der Waals surface area contributed by atoms with E-state index in [1.807, 2.05) is 6.07 Å². The van der Waals surface area contributed by atoms with Crippen LogP contribution in [-0.2, 0) is 14.7 Å². The average molecular weight is 257 g/mol. The molecule has 0 radical (unpaired) electrons. The second kappa shape index (κ2) is 4.91. The summed E-state index contributed by atoms with van der Waals surface area (Å²) in [6.07, 6.45) is 0. The highest BCUT2D eigenvalue weighted by molar-refractivity contribution is 6.24. The van der Waals surface area contributed by atoms with Gasteiger partial charge in [0.1, 0.15) is 6.61 Å². The van der Waals surface area contributed by atoms with Crippen LogP contribution in [0.15, 0.2) is 29.3 Å². The molecule has 1 heterocycles. The van der Waals surface area contributed by atoms with Crippen molar-refractivity contribution in [2.24, 2.45) is 4.99 Å². The summed E-state index contributed by atoms with van der Waals surface area (Å²) in [6, 6.07) is 7.28. The molecular weight excluding hydrogens is 244 g/mol. The van der Waals surface area contributed by atoms with Gasteiger partial charge in [-0.1, -0.05) is 29.8 Å². The number of halogens is 1. The minimum atomic E-state index is -1.79. The number of benzene rings is 1.